The van der Waals surface area contributed by atoms with Crippen LogP contribution in [0.3, 0.4) is 0 Å². The molecule has 0 N–H and O–H groups in total. The van der Waals surface area contributed by atoms with Gasteiger partial charge < -0.3 is 9.80 Å². The highest BCUT2D eigenvalue weighted by molar-refractivity contribution is 5.83. The van der Waals surface area contributed by atoms with Gasteiger partial charge in [0.15, 0.2) is 0 Å². The van der Waals surface area contributed by atoms with Gasteiger partial charge in [-0.15, -0.1) is 0 Å². The van der Waals surface area contributed by atoms with Crippen LogP contribution < -0.4 is 9.80 Å². The number of anilines is 2. The molecule has 1 aliphatic heterocycles. The fraction of sp³-hybridized carbons (Fsp3) is 0.636. The molecule has 2 nitrogen and oxygen atoms in total. The van der Waals surface area contributed by atoms with Crippen molar-refractivity contribution in [1.82, 2.24) is 0 Å². The molecule has 1 aromatic rings. The van der Waals surface area contributed by atoms with Gasteiger partial charge in [0.2, 0.25) is 0 Å². The third-order valence-corrected chi connectivity index (χ3v) is 5.27. The average molecular weight is 329 g/mol. The molecule has 1 heterocycles. The van der Waals surface area contributed by atoms with E-state index in [0.717, 1.165) is 13.1 Å². The van der Waals surface area contributed by atoms with Crippen LogP contribution in [0.15, 0.2) is 24.5 Å². The van der Waals surface area contributed by atoms with E-state index in [4.69, 9.17) is 0 Å². The van der Waals surface area contributed by atoms with Crippen molar-refractivity contribution in [3.63, 3.8) is 0 Å². The molecule has 0 fully saturated rings. The molecule has 0 unspecified atom stereocenters. The van der Waals surface area contributed by atoms with Crippen LogP contribution in [0.4, 0.5) is 11.4 Å². The normalized spacial score (nSPS) is 13.8. The summed E-state index contributed by atoms with van der Waals surface area (Å²) in [7, 11) is 0. The Hall–Kier alpha value is -1.44. The van der Waals surface area contributed by atoms with Crippen LogP contribution in [0.25, 0.3) is 0 Å². The smallest absolute Gasteiger partial charge is 0.106 e. The van der Waals surface area contributed by atoms with Gasteiger partial charge in [0.25, 0.3) is 0 Å². The maximum Gasteiger partial charge on any atom is 0.106 e. The third kappa shape index (κ3) is 4.34. The SMILES string of the molecule is C=C1N(CCCCCC)c2cc(C)c(C)cc2N1CCCCCC. The number of benzene rings is 1. The van der Waals surface area contributed by atoms with E-state index < -0.39 is 0 Å². The highest BCUT2D eigenvalue weighted by Crippen LogP contribution is 2.42. The first-order valence-corrected chi connectivity index (χ1v) is 9.95. The Morgan fingerprint density at radius 2 is 1.12 bits per heavy atom. The first-order chi connectivity index (χ1) is 11.6. The quantitative estimate of drug-likeness (QED) is 0.449. The van der Waals surface area contributed by atoms with Gasteiger partial charge in [-0.05, 0) is 49.9 Å². The van der Waals surface area contributed by atoms with Crippen molar-refractivity contribution in [3.8, 4) is 0 Å². The lowest BCUT2D eigenvalue weighted by molar-refractivity contribution is 0.648. The lowest BCUT2D eigenvalue weighted by Gasteiger charge is -2.24. The summed E-state index contributed by atoms with van der Waals surface area (Å²) in [5, 5.41) is 0. The minimum absolute atomic E-state index is 1.10. The molecule has 1 aliphatic rings. The van der Waals surface area contributed by atoms with Crippen molar-refractivity contribution in [2.45, 2.75) is 79.1 Å². The maximum absolute atomic E-state index is 4.44. The number of rotatable bonds is 10. The Bertz CT molecular complexity index is 500. The van der Waals surface area contributed by atoms with Gasteiger partial charge in [0.05, 0.1) is 11.4 Å². The standard InChI is InChI=1S/C22H36N2/c1-6-8-10-12-14-23-20(5)24(15-13-11-9-7-2)22-17-19(4)18(3)16-21(22)23/h16-17H,5-15H2,1-4H3. The Morgan fingerprint density at radius 1 is 0.708 bits per heavy atom. The van der Waals surface area contributed by atoms with E-state index in [9.17, 15) is 0 Å². The van der Waals surface area contributed by atoms with Crippen LogP contribution in [0.5, 0.6) is 0 Å². The first-order valence-electron chi connectivity index (χ1n) is 9.95. The fourth-order valence-corrected chi connectivity index (χ4v) is 3.53. The van der Waals surface area contributed by atoms with E-state index in [0.29, 0.717) is 0 Å². The molecular formula is C22H36N2. The molecule has 0 amide bonds. The topological polar surface area (TPSA) is 6.48 Å². The second-order valence-corrected chi connectivity index (χ2v) is 7.27. The van der Waals surface area contributed by atoms with Gasteiger partial charge >= 0.3 is 0 Å². The predicted octanol–water partition coefficient (Wildman–Crippen LogP) is 6.56. The van der Waals surface area contributed by atoms with Crippen LogP contribution in [0, 0.1) is 13.8 Å². The van der Waals surface area contributed by atoms with Crippen molar-refractivity contribution in [1.29, 1.82) is 0 Å². The molecule has 0 saturated heterocycles. The molecule has 0 radical (unpaired) electrons. The summed E-state index contributed by atoms with van der Waals surface area (Å²) in [6.07, 6.45) is 10.4. The van der Waals surface area contributed by atoms with Crippen molar-refractivity contribution in [2.75, 3.05) is 22.9 Å². The van der Waals surface area contributed by atoms with E-state index >= 15 is 0 Å². The van der Waals surface area contributed by atoms with E-state index in [2.05, 4.69) is 56.2 Å². The monoisotopic (exact) mass is 328 g/mol. The Kier molecular flexibility index (Phi) is 7.20. The lowest BCUT2D eigenvalue weighted by atomic mass is 10.1. The molecular weight excluding hydrogens is 292 g/mol. The van der Waals surface area contributed by atoms with Crippen molar-refractivity contribution in [2.24, 2.45) is 0 Å². The number of hydrogen-bond donors (Lipinski definition) is 0. The van der Waals surface area contributed by atoms with E-state index in [1.807, 2.05) is 0 Å². The second kappa shape index (κ2) is 9.15. The molecule has 0 aliphatic carbocycles. The van der Waals surface area contributed by atoms with E-state index in [-0.39, 0.29) is 0 Å². The largest absolute Gasteiger partial charge is 0.326 e. The van der Waals surface area contributed by atoms with Gasteiger partial charge in [-0.25, -0.2) is 0 Å². The number of hydrogen-bond acceptors (Lipinski definition) is 2. The first kappa shape index (κ1) is 18.9. The third-order valence-electron chi connectivity index (χ3n) is 5.27. The molecule has 0 atom stereocenters. The lowest BCUT2D eigenvalue weighted by Crippen LogP contribution is -2.29. The van der Waals surface area contributed by atoms with E-state index in [1.165, 1.54) is 79.7 Å². The van der Waals surface area contributed by atoms with Crippen molar-refractivity contribution in [3.05, 3.63) is 35.7 Å². The highest BCUT2D eigenvalue weighted by Gasteiger charge is 2.29. The van der Waals surface area contributed by atoms with Gasteiger partial charge in [0, 0.05) is 13.1 Å². The van der Waals surface area contributed by atoms with Crippen LogP contribution in [0.1, 0.15) is 76.3 Å². The summed E-state index contributed by atoms with van der Waals surface area (Å²) in [5.74, 6) is 1.18. The number of unbranched alkanes of at least 4 members (excludes halogenated alkanes) is 6. The van der Waals surface area contributed by atoms with Gasteiger partial charge in [-0.1, -0.05) is 59.0 Å². The zero-order chi connectivity index (χ0) is 17.5. The van der Waals surface area contributed by atoms with Crippen LogP contribution >= 0.6 is 0 Å². The van der Waals surface area contributed by atoms with E-state index in [1.54, 1.807) is 0 Å². The number of aryl methyl sites for hydroxylation is 2. The summed E-state index contributed by atoms with van der Waals surface area (Å²) in [4.78, 5) is 4.91. The molecule has 0 spiro atoms. The van der Waals surface area contributed by atoms with Crippen LogP contribution in [0.2, 0.25) is 0 Å². The molecule has 2 heteroatoms. The second-order valence-electron chi connectivity index (χ2n) is 7.27. The average Bonchev–Trinajstić information content (AvgIpc) is 2.80. The molecule has 0 aromatic heterocycles. The Balaban J connectivity index is 2.13. The predicted molar refractivity (Wildman–Crippen MR) is 108 cm³/mol. The van der Waals surface area contributed by atoms with Crippen LogP contribution in [-0.2, 0) is 0 Å². The molecule has 134 valence electrons. The van der Waals surface area contributed by atoms with Gasteiger partial charge in [-0.3, -0.25) is 0 Å². The molecule has 0 bridgehead atoms. The minimum Gasteiger partial charge on any atom is -0.326 e. The Labute approximate surface area is 149 Å². The van der Waals surface area contributed by atoms with Gasteiger partial charge in [0.1, 0.15) is 5.82 Å². The zero-order valence-corrected chi connectivity index (χ0v) is 16.3. The number of nitrogens with zero attached hydrogens (tertiary/aromatic N) is 2. The summed E-state index contributed by atoms with van der Waals surface area (Å²) in [6.45, 7) is 15.6. The maximum atomic E-state index is 4.44. The molecule has 0 saturated carbocycles. The number of fused-ring (bicyclic) bond motifs is 1. The molecule has 2 rings (SSSR count). The molecule has 1 aromatic carbocycles. The zero-order valence-electron chi connectivity index (χ0n) is 16.3. The Morgan fingerprint density at radius 3 is 1.50 bits per heavy atom. The minimum atomic E-state index is 1.10. The van der Waals surface area contributed by atoms with Crippen LogP contribution in [-0.4, -0.2) is 13.1 Å². The van der Waals surface area contributed by atoms with Crippen molar-refractivity contribution < 1.29 is 0 Å². The molecule has 24 heavy (non-hydrogen) atoms. The van der Waals surface area contributed by atoms with Gasteiger partial charge in [-0.2, -0.15) is 0 Å². The van der Waals surface area contributed by atoms with Crippen molar-refractivity contribution >= 4 is 11.4 Å². The highest BCUT2D eigenvalue weighted by atomic mass is 15.4. The fourth-order valence-electron chi connectivity index (χ4n) is 3.53. The summed E-state index contributed by atoms with van der Waals surface area (Å²) >= 11 is 0. The summed E-state index contributed by atoms with van der Waals surface area (Å²) < 4.78 is 0. The summed E-state index contributed by atoms with van der Waals surface area (Å²) in [6, 6.07) is 4.73. The summed E-state index contributed by atoms with van der Waals surface area (Å²) in [5.41, 5.74) is 5.51.